The number of carbonyl (C=O) groups is 2. The predicted molar refractivity (Wildman–Crippen MR) is 284 cm³/mol. The van der Waals surface area contributed by atoms with Crippen LogP contribution in [0.5, 0.6) is 0 Å². The van der Waals surface area contributed by atoms with E-state index in [1.807, 2.05) is 218 Å². The van der Waals surface area contributed by atoms with Gasteiger partial charge in [0.1, 0.15) is 22.6 Å². The molecule has 0 unspecified atom stereocenters. The van der Waals surface area contributed by atoms with Crippen molar-refractivity contribution in [1.29, 1.82) is 0 Å². The smallest absolute Gasteiger partial charge is 0.435 e. The number of rotatable bonds is 6. The molecule has 14 nitrogen and oxygen atoms in total. The molecule has 0 N–H and O–H groups in total. The highest BCUT2D eigenvalue weighted by atomic mass is 28.4. The number of para-hydroxylation sites is 4. The first kappa shape index (κ1) is 41.8. The number of nitrogens with zero attached hydrogens (tertiary/aromatic N) is 10. The summed E-state index contributed by atoms with van der Waals surface area (Å²) in [6, 6.07) is 67.6. The van der Waals surface area contributed by atoms with Crippen LogP contribution in [0.2, 0.25) is 0 Å². The van der Waals surface area contributed by atoms with Crippen LogP contribution in [0.15, 0.2) is 248 Å². The Kier molecular flexibility index (Phi) is 9.45. The summed E-state index contributed by atoms with van der Waals surface area (Å²) in [5.41, 5.74) is 5.36. The third-order valence-corrected chi connectivity index (χ3v) is 16.0. The number of hydrogen-bond donors (Lipinski definition) is 0. The van der Waals surface area contributed by atoms with Gasteiger partial charge in [-0.15, -0.1) is 0 Å². The van der Waals surface area contributed by atoms with Crippen LogP contribution in [0.4, 0.5) is 44.0 Å². The predicted octanol–water partition coefficient (Wildman–Crippen LogP) is 11.3. The zero-order chi connectivity index (χ0) is 48.6. The molecule has 8 aromatic carbocycles. The topological polar surface area (TPSA) is 143 Å². The van der Waals surface area contributed by atoms with E-state index in [1.165, 1.54) is 9.80 Å². The van der Waals surface area contributed by atoms with Crippen molar-refractivity contribution < 1.29 is 18.4 Å². The van der Waals surface area contributed by atoms with Gasteiger partial charge in [0.15, 0.2) is 23.3 Å². The summed E-state index contributed by atoms with van der Waals surface area (Å²) in [5.74, 6) is 1.88. The molecule has 4 aliphatic heterocycles. The van der Waals surface area contributed by atoms with Gasteiger partial charge in [-0.25, -0.2) is 49.3 Å². The van der Waals surface area contributed by atoms with Crippen LogP contribution in [0.1, 0.15) is 22.3 Å². The molecule has 6 bridgehead atoms. The zero-order valence-corrected chi connectivity index (χ0v) is 39.4. The second kappa shape index (κ2) is 16.5. The van der Waals surface area contributed by atoms with Gasteiger partial charge in [-0.1, -0.05) is 170 Å². The van der Waals surface area contributed by atoms with Gasteiger partial charge in [-0.3, -0.25) is 8.47 Å². The highest BCUT2D eigenvalue weighted by molar-refractivity contribution is 6.69. The number of carbonyl (C=O) groups excluding carboxylic acids is 2. The lowest BCUT2D eigenvalue weighted by molar-refractivity contribution is 0.164. The van der Waals surface area contributed by atoms with Crippen LogP contribution in [-0.2, 0) is 8.85 Å². The summed E-state index contributed by atoms with van der Waals surface area (Å²) in [6.07, 6.45) is -1.76. The summed E-state index contributed by atoms with van der Waals surface area (Å²) in [5, 5.41) is 2.42. The molecule has 0 spiro atoms. The molecule has 0 radical (unpaired) electrons. The first-order valence-corrected chi connectivity index (χ1v) is 25.3. The Bertz CT molecular complexity index is 3870. The highest BCUT2D eigenvalue weighted by Gasteiger charge is 2.61. The third-order valence-electron chi connectivity index (χ3n) is 13.2. The average molecular weight is 965 g/mol. The van der Waals surface area contributed by atoms with Crippen LogP contribution < -0.4 is 20.8 Å². The summed E-state index contributed by atoms with van der Waals surface area (Å²) in [4.78, 5) is 67.9. The van der Waals surface area contributed by atoms with Crippen LogP contribution in [0.25, 0.3) is 21.5 Å². The van der Waals surface area contributed by atoms with Gasteiger partial charge >= 0.3 is 21.1 Å². The Labute approximate surface area is 416 Å². The maximum Gasteiger partial charge on any atom is 0.744 e. The maximum absolute atomic E-state index is 16.4. The minimum atomic E-state index is -5.45. The van der Waals surface area contributed by atoms with Crippen LogP contribution >= 0.6 is 0 Å². The number of hydrogen-bond acceptors (Lipinski definition) is 10. The third kappa shape index (κ3) is 6.56. The molecule has 0 atom stereocenters. The second-order valence-electron chi connectivity index (χ2n) is 17.4. The fraction of sp³-hybridized carbons (Fsp3) is 0. The molecular weight excluding hydrogens is 929 g/mol. The SMILES string of the molecule is O=C(O[Si]1(OC(=O)N(c2ccccc2)c2ccccc2)n2c3c4ccccc4c2N=C2N=C(N=c4c5ccccc5c(n41)=NC1=NC(=N3)c3ccccc31)c1ccccc12)N(c1ccccc1)c1ccccc1. The van der Waals surface area contributed by atoms with Crippen molar-refractivity contribution in [2.75, 3.05) is 9.80 Å². The largest absolute Gasteiger partial charge is 0.744 e. The normalized spacial score (nSPS) is 14.2. The number of amides is 2. The van der Waals surface area contributed by atoms with Crippen molar-refractivity contribution in [3.63, 3.8) is 0 Å². The quantitative estimate of drug-likeness (QED) is 0.153. The lowest BCUT2D eigenvalue weighted by Gasteiger charge is -2.35. The van der Waals surface area contributed by atoms with Crippen molar-refractivity contribution >= 4 is 100 Å². The van der Waals surface area contributed by atoms with E-state index in [9.17, 15) is 0 Å². The van der Waals surface area contributed by atoms with Gasteiger partial charge in [-0.2, -0.15) is 0 Å². The zero-order valence-electron chi connectivity index (χ0n) is 38.4. The average Bonchev–Trinajstić information content (AvgIpc) is 4.16. The van der Waals surface area contributed by atoms with Gasteiger partial charge in [-0.05, 0) is 48.5 Å². The number of benzene rings is 8. The van der Waals surface area contributed by atoms with Gasteiger partial charge in [0.2, 0.25) is 0 Å². The molecule has 15 heteroatoms. The van der Waals surface area contributed by atoms with Crippen molar-refractivity contribution in [2.45, 2.75) is 0 Å². The van der Waals surface area contributed by atoms with Crippen molar-refractivity contribution in [1.82, 2.24) is 8.47 Å². The molecule has 2 amide bonds. The van der Waals surface area contributed by atoms with Gasteiger partial charge < -0.3 is 8.85 Å². The Morgan fingerprint density at radius 3 is 0.959 bits per heavy atom. The molecule has 4 aliphatic rings. The lowest BCUT2D eigenvalue weighted by Crippen LogP contribution is -2.66. The van der Waals surface area contributed by atoms with Crippen molar-refractivity contribution in [2.24, 2.45) is 30.0 Å². The number of aliphatic imine (C=N–C) groups is 4. The molecule has 0 saturated carbocycles. The second-order valence-corrected chi connectivity index (χ2v) is 19.8. The van der Waals surface area contributed by atoms with Crippen molar-refractivity contribution in [3.05, 3.63) is 252 Å². The molecule has 346 valence electrons. The molecular formula is C58H36N10O4Si. The monoisotopic (exact) mass is 964 g/mol. The number of anilines is 4. The lowest BCUT2D eigenvalue weighted by atomic mass is 10.1. The summed E-state index contributed by atoms with van der Waals surface area (Å²) in [6.45, 7) is 0. The van der Waals surface area contributed by atoms with E-state index in [0.29, 0.717) is 67.6 Å². The molecule has 14 rings (SSSR count). The van der Waals surface area contributed by atoms with E-state index in [4.69, 9.17) is 38.8 Å². The number of aromatic nitrogens is 2. The van der Waals surface area contributed by atoms with E-state index < -0.39 is 21.1 Å². The van der Waals surface area contributed by atoms with E-state index in [1.54, 1.807) is 8.47 Å². The summed E-state index contributed by atoms with van der Waals surface area (Å²) >= 11 is 0. The standard InChI is InChI=1S/C58H36N10O4Si/c69-57(65(37-21-5-1-6-22-37)38-23-7-2-8-24-38)71-73(72-58(70)66(39-25-9-3-10-26-39)40-27-11-4-12-28-40)67-53-45-33-17-18-34-46(45)55(67)63-51-43-31-15-16-32-44(43)52(60-51)64-56-48-36-20-19-35-47(48)54(68(56)73)62-50-42-30-14-13-29-41(42)49(59-50)61-53/h1-36H. The van der Waals surface area contributed by atoms with Crippen LogP contribution in [0, 0.1) is 0 Å². The van der Waals surface area contributed by atoms with E-state index in [0.717, 1.165) is 22.3 Å². The fourth-order valence-corrected chi connectivity index (χ4v) is 13.0. The fourth-order valence-electron chi connectivity index (χ4n) is 9.98. The molecule has 0 saturated heterocycles. The Morgan fingerprint density at radius 2 is 0.616 bits per heavy atom. The number of amidine groups is 4. The highest BCUT2D eigenvalue weighted by Crippen LogP contribution is 2.45. The van der Waals surface area contributed by atoms with Gasteiger partial charge in [0.05, 0.1) is 22.7 Å². The molecule has 73 heavy (non-hydrogen) atoms. The van der Waals surface area contributed by atoms with E-state index >= 15 is 9.59 Å². The minimum absolute atomic E-state index is 0.251. The number of fused-ring (bicyclic) bond motifs is 14. The van der Waals surface area contributed by atoms with Crippen LogP contribution in [0.3, 0.4) is 0 Å². The molecule has 0 aliphatic carbocycles. The summed E-state index contributed by atoms with van der Waals surface area (Å²) in [7, 11) is -5.45. The Morgan fingerprint density at radius 1 is 0.329 bits per heavy atom. The van der Waals surface area contributed by atoms with Gasteiger partial charge in [0, 0.05) is 43.8 Å². The Balaban J connectivity index is 1.20. The van der Waals surface area contributed by atoms with Crippen molar-refractivity contribution in [3.8, 4) is 0 Å². The molecule has 10 aromatic rings. The van der Waals surface area contributed by atoms with E-state index in [2.05, 4.69) is 0 Å². The van der Waals surface area contributed by atoms with Gasteiger partial charge in [0.25, 0.3) is 0 Å². The first-order valence-electron chi connectivity index (χ1n) is 23.5. The van der Waals surface area contributed by atoms with E-state index in [-0.39, 0.29) is 22.6 Å². The maximum atomic E-state index is 16.4. The first-order chi connectivity index (χ1) is 36.0. The molecule has 6 heterocycles. The van der Waals surface area contributed by atoms with Crippen LogP contribution in [-0.4, -0.2) is 52.9 Å². The Hall–Kier alpha value is -10.1. The molecule has 2 aromatic heterocycles. The minimum Gasteiger partial charge on any atom is -0.435 e. The summed E-state index contributed by atoms with van der Waals surface area (Å²) < 4.78 is 18.4. The molecule has 0 fully saturated rings.